The summed E-state index contributed by atoms with van der Waals surface area (Å²) in [5, 5.41) is 3.08. The Hall–Kier alpha value is -3.87. The third-order valence-electron chi connectivity index (χ3n) is 5.97. The van der Waals surface area contributed by atoms with Crippen LogP contribution >= 0.6 is 0 Å². The molecule has 1 aliphatic rings. The van der Waals surface area contributed by atoms with Gasteiger partial charge in [0.25, 0.3) is 11.8 Å². The molecular formula is C28H29FN2O4. The van der Waals surface area contributed by atoms with Crippen molar-refractivity contribution in [1.82, 2.24) is 10.2 Å². The first kappa shape index (κ1) is 24.3. The van der Waals surface area contributed by atoms with Gasteiger partial charge in [-0.05, 0) is 73.9 Å². The first-order chi connectivity index (χ1) is 17.0. The van der Waals surface area contributed by atoms with Gasteiger partial charge < -0.3 is 19.7 Å². The molecule has 182 valence electrons. The number of hydrogen-bond acceptors (Lipinski definition) is 4. The fourth-order valence-electron chi connectivity index (χ4n) is 4.05. The fourth-order valence-corrected chi connectivity index (χ4v) is 4.05. The van der Waals surface area contributed by atoms with Crippen LogP contribution in [0.4, 0.5) is 4.39 Å². The van der Waals surface area contributed by atoms with E-state index in [0.29, 0.717) is 49.4 Å². The van der Waals surface area contributed by atoms with Crippen LogP contribution in [0.2, 0.25) is 0 Å². The number of nitrogens with one attached hydrogen (secondary N) is 1. The van der Waals surface area contributed by atoms with Crippen LogP contribution < -0.4 is 14.8 Å². The number of likely N-dealkylation sites (tertiary alicyclic amines) is 1. The summed E-state index contributed by atoms with van der Waals surface area (Å²) < 4.78 is 24.4. The molecule has 2 amide bonds. The van der Waals surface area contributed by atoms with E-state index in [0.717, 1.165) is 11.3 Å². The van der Waals surface area contributed by atoms with Gasteiger partial charge in [0.05, 0.1) is 12.2 Å². The molecule has 4 rings (SSSR count). The van der Waals surface area contributed by atoms with Crippen molar-refractivity contribution in [3.63, 3.8) is 0 Å². The Kier molecular flexibility index (Phi) is 7.98. The number of benzene rings is 3. The van der Waals surface area contributed by atoms with E-state index >= 15 is 0 Å². The van der Waals surface area contributed by atoms with Crippen molar-refractivity contribution in [3.8, 4) is 11.5 Å². The van der Waals surface area contributed by atoms with Gasteiger partial charge in [-0.3, -0.25) is 9.59 Å². The molecule has 0 spiro atoms. The first-order valence-electron chi connectivity index (χ1n) is 11.8. The number of piperidine rings is 1. The second-order valence-corrected chi connectivity index (χ2v) is 8.41. The molecule has 3 aromatic rings. The molecule has 0 radical (unpaired) electrons. The van der Waals surface area contributed by atoms with Crippen molar-refractivity contribution in [3.05, 3.63) is 95.3 Å². The van der Waals surface area contributed by atoms with Gasteiger partial charge in [0, 0.05) is 24.7 Å². The number of halogens is 1. The van der Waals surface area contributed by atoms with E-state index in [-0.39, 0.29) is 30.3 Å². The van der Waals surface area contributed by atoms with Gasteiger partial charge >= 0.3 is 0 Å². The van der Waals surface area contributed by atoms with E-state index in [1.165, 1.54) is 12.1 Å². The molecule has 7 heteroatoms. The van der Waals surface area contributed by atoms with Gasteiger partial charge in [-0.1, -0.05) is 24.3 Å². The van der Waals surface area contributed by atoms with Crippen LogP contribution in [0.25, 0.3) is 0 Å². The van der Waals surface area contributed by atoms with Gasteiger partial charge in [0.15, 0.2) is 0 Å². The summed E-state index contributed by atoms with van der Waals surface area (Å²) in [6, 6.07) is 20.3. The predicted molar refractivity (Wildman–Crippen MR) is 131 cm³/mol. The van der Waals surface area contributed by atoms with E-state index < -0.39 is 0 Å². The number of carbonyl (C=O) groups is 2. The summed E-state index contributed by atoms with van der Waals surface area (Å²) in [7, 11) is 0. The lowest BCUT2D eigenvalue weighted by Gasteiger charge is -2.32. The maximum absolute atomic E-state index is 13.1. The van der Waals surface area contributed by atoms with Crippen LogP contribution in [0.1, 0.15) is 46.0 Å². The minimum absolute atomic E-state index is 0.0163. The topological polar surface area (TPSA) is 67.9 Å². The molecular weight excluding hydrogens is 447 g/mol. The average molecular weight is 477 g/mol. The van der Waals surface area contributed by atoms with Crippen molar-refractivity contribution < 1.29 is 23.5 Å². The van der Waals surface area contributed by atoms with Crippen molar-refractivity contribution in [2.24, 2.45) is 0 Å². The molecule has 35 heavy (non-hydrogen) atoms. The average Bonchev–Trinajstić information content (AvgIpc) is 2.89. The monoisotopic (exact) mass is 476 g/mol. The number of carbonyl (C=O) groups excluding carboxylic acids is 2. The zero-order valence-electron chi connectivity index (χ0n) is 19.7. The largest absolute Gasteiger partial charge is 0.494 e. The van der Waals surface area contributed by atoms with Crippen molar-refractivity contribution in [2.75, 3.05) is 19.7 Å². The van der Waals surface area contributed by atoms with Gasteiger partial charge in [-0.25, -0.2) is 4.39 Å². The third kappa shape index (κ3) is 6.38. The highest BCUT2D eigenvalue weighted by Crippen LogP contribution is 2.21. The number of amides is 2. The van der Waals surface area contributed by atoms with Crippen LogP contribution in [0.5, 0.6) is 11.5 Å². The predicted octanol–water partition coefficient (Wildman–Crippen LogP) is 4.84. The van der Waals surface area contributed by atoms with Crippen molar-refractivity contribution >= 4 is 11.8 Å². The minimum Gasteiger partial charge on any atom is -0.494 e. The lowest BCUT2D eigenvalue weighted by atomic mass is 10.0. The van der Waals surface area contributed by atoms with Gasteiger partial charge in [-0.15, -0.1) is 0 Å². The number of rotatable bonds is 8. The normalized spacial score (nSPS) is 13.8. The number of ether oxygens (including phenoxy) is 2. The summed E-state index contributed by atoms with van der Waals surface area (Å²) in [6.07, 6.45) is 1.35. The van der Waals surface area contributed by atoms with Crippen LogP contribution in [0.3, 0.4) is 0 Å². The highest BCUT2D eigenvalue weighted by atomic mass is 19.1. The van der Waals surface area contributed by atoms with Gasteiger partial charge in [0.1, 0.15) is 23.9 Å². The van der Waals surface area contributed by atoms with E-state index in [9.17, 15) is 14.0 Å². The van der Waals surface area contributed by atoms with Gasteiger partial charge in [0.2, 0.25) is 0 Å². The van der Waals surface area contributed by atoms with Crippen molar-refractivity contribution in [2.45, 2.75) is 32.4 Å². The zero-order valence-corrected chi connectivity index (χ0v) is 19.7. The summed E-state index contributed by atoms with van der Waals surface area (Å²) in [6.45, 7) is 3.87. The highest BCUT2D eigenvalue weighted by Gasteiger charge is 2.25. The van der Waals surface area contributed by atoms with Gasteiger partial charge in [-0.2, -0.15) is 0 Å². The molecule has 0 saturated carbocycles. The van der Waals surface area contributed by atoms with E-state index in [2.05, 4.69) is 5.32 Å². The molecule has 3 aromatic carbocycles. The Bertz CT molecular complexity index is 1140. The molecule has 0 unspecified atom stereocenters. The lowest BCUT2D eigenvalue weighted by Crippen LogP contribution is -2.46. The van der Waals surface area contributed by atoms with E-state index in [1.54, 1.807) is 54.6 Å². The Morgan fingerprint density at radius 3 is 2.31 bits per heavy atom. The first-order valence-corrected chi connectivity index (χ1v) is 11.8. The van der Waals surface area contributed by atoms with Crippen LogP contribution in [-0.4, -0.2) is 42.5 Å². The zero-order chi connectivity index (χ0) is 24.6. The van der Waals surface area contributed by atoms with Crippen LogP contribution in [0.15, 0.2) is 72.8 Å². The molecule has 0 aliphatic carbocycles. The summed E-state index contributed by atoms with van der Waals surface area (Å²) in [4.78, 5) is 27.6. The van der Waals surface area contributed by atoms with Crippen LogP contribution in [-0.2, 0) is 6.61 Å². The van der Waals surface area contributed by atoms with E-state index in [4.69, 9.17) is 9.47 Å². The molecule has 0 bridgehead atoms. The standard InChI is InChI=1S/C28H29FN2O4/c1-2-34-24-13-9-21(10-14-24)28(33)31-17-15-23(16-18-31)30-27(32)25-5-3-4-6-26(25)35-19-20-7-11-22(29)12-8-20/h3-14,23H,2,15-19H2,1H3,(H,30,32). The smallest absolute Gasteiger partial charge is 0.255 e. The molecule has 1 heterocycles. The van der Waals surface area contributed by atoms with Crippen LogP contribution in [0, 0.1) is 5.82 Å². The molecule has 0 aromatic heterocycles. The molecule has 1 N–H and O–H groups in total. The second-order valence-electron chi connectivity index (χ2n) is 8.41. The Labute approximate surface area is 204 Å². The Morgan fingerprint density at radius 1 is 0.943 bits per heavy atom. The molecule has 1 fully saturated rings. The lowest BCUT2D eigenvalue weighted by molar-refractivity contribution is 0.0698. The van der Waals surface area contributed by atoms with E-state index in [1.807, 2.05) is 17.9 Å². The second kappa shape index (κ2) is 11.5. The third-order valence-corrected chi connectivity index (χ3v) is 5.97. The molecule has 0 atom stereocenters. The summed E-state index contributed by atoms with van der Waals surface area (Å²) in [5.41, 5.74) is 1.89. The quantitative estimate of drug-likeness (QED) is 0.505. The Balaban J connectivity index is 1.30. The molecule has 6 nitrogen and oxygen atoms in total. The number of hydrogen-bond donors (Lipinski definition) is 1. The molecule has 1 aliphatic heterocycles. The fraction of sp³-hybridized carbons (Fsp3) is 0.286. The van der Waals surface area contributed by atoms with Crippen molar-refractivity contribution in [1.29, 1.82) is 0 Å². The number of nitrogens with zero attached hydrogens (tertiary/aromatic N) is 1. The molecule has 1 saturated heterocycles. The Morgan fingerprint density at radius 2 is 1.63 bits per heavy atom. The summed E-state index contributed by atoms with van der Waals surface area (Å²) >= 11 is 0. The maximum atomic E-state index is 13.1. The SMILES string of the molecule is CCOc1ccc(C(=O)N2CCC(NC(=O)c3ccccc3OCc3ccc(F)cc3)CC2)cc1. The minimum atomic E-state index is -0.305. The summed E-state index contributed by atoms with van der Waals surface area (Å²) in [5.74, 6) is 0.680. The number of para-hydroxylation sites is 1. The highest BCUT2D eigenvalue weighted by molar-refractivity contribution is 5.97. The maximum Gasteiger partial charge on any atom is 0.255 e.